The third-order valence-corrected chi connectivity index (χ3v) is 3.86. The average molecular weight is 271 g/mol. The van der Waals surface area contributed by atoms with Gasteiger partial charge in [0.25, 0.3) is 0 Å². The lowest BCUT2D eigenvalue weighted by molar-refractivity contribution is 1.09. The Morgan fingerprint density at radius 1 is 1.26 bits per heavy atom. The number of nitrogens with zero attached hydrogens (tertiary/aromatic N) is 3. The van der Waals surface area contributed by atoms with Gasteiger partial charge in [0.2, 0.25) is 0 Å². The molecule has 0 aliphatic rings. The van der Waals surface area contributed by atoms with Crippen LogP contribution in [0.1, 0.15) is 10.6 Å². The number of nitrogen functional groups attached to an aromatic ring is 1. The van der Waals surface area contributed by atoms with Gasteiger partial charge in [-0.05, 0) is 25.1 Å². The van der Waals surface area contributed by atoms with Crippen LogP contribution < -0.4 is 11.1 Å². The fourth-order valence-electron chi connectivity index (χ4n) is 1.88. The number of thiazole rings is 1. The van der Waals surface area contributed by atoms with Gasteiger partial charge >= 0.3 is 0 Å². The largest absolute Gasteiger partial charge is 0.399 e. The van der Waals surface area contributed by atoms with Crippen LogP contribution in [0.25, 0.3) is 10.9 Å². The maximum Gasteiger partial charge on any atom is 0.137 e. The van der Waals surface area contributed by atoms with E-state index in [1.54, 1.807) is 17.7 Å². The molecule has 0 radical (unpaired) electrons. The van der Waals surface area contributed by atoms with Crippen molar-refractivity contribution in [3.05, 3.63) is 40.6 Å². The molecule has 0 fully saturated rings. The molecule has 3 aromatic rings. The Morgan fingerprint density at radius 3 is 2.95 bits per heavy atom. The number of anilines is 2. The molecule has 19 heavy (non-hydrogen) atoms. The first kappa shape index (κ1) is 11.9. The second-order valence-corrected chi connectivity index (χ2v) is 5.15. The first-order chi connectivity index (χ1) is 9.24. The van der Waals surface area contributed by atoms with Crippen LogP contribution in [0, 0.1) is 6.92 Å². The molecular weight excluding hydrogens is 258 g/mol. The third-order valence-electron chi connectivity index (χ3n) is 2.92. The molecule has 0 spiro atoms. The van der Waals surface area contributed by atoms with Crippen LogP contribution in [-0.2, 0) is 6.54 Å². The molecule has 0 saturated heterocycles. The topological polar surface area (TPSA) is 76.7 Å². The molecule has 2 heterocycles. The molecule has 2 aromatic heterocycles. The number of fused-ring (bicyclic) bond motifs is 1. The van der Waals surface area contributed by atoms with Gasteiger partial charge in [0.15, 0.2) is 0 Å². The number of rotatable bonds is 3. The smallest absolute Gasteiger partial charge is 0.137 e. The van der Waals surface area contributed by atoms with Crippen LogP contribution in [0.4, 0.5) is 11.5 Å². The standard InChI is InChI=1S/C13H13N5S/c1-8-12(19-7-18-8)5-15-13-10-4-9(14)2-3-11(10)16-6-17-13/h2-4,6-7H,5,14H2,1H3,(H,15,16,17). The van der Waals surface area contributed by atoms with Crippen molar-refractivity contribution in [3.8, 4) is 0 Å². The van der Waals surface area contributed by atoms with E-state index >= 15 is 0 Å². The molecule has 5 nitrogen and oxygen atoms in total. The Kier molecular flexibility index (Phi) is 3.00. The zero-order valence-electron chi connectivity index (χ0n) is 10.4. The summed E-state index contributed by atoms with van der Waals surface area (Å²) in [7, 11) is 0. The van der Waals surface area contributed by atoms with Gasteiger partial charge < -0.3 is 11.1 Å². The van der Waals surface area contributed by atoms with E-state index in [9.17, 15) is 0 Å². The summed E-state index contributed by atoms with van der Waals surface area (Å²) >= 11 is 1.64. The van der Waals surface area contributed by atoms with Crippen LogP contribution in [-0.4, -0.2) is 15.0 Å². The highest BCUT2D eigenvalue weighted by molar-refractivity contribution is 7.09. The lowest BCUT2D eigenvalue weighted by atomic mass is 10.2. The van der Waals surface area contributed by atoms with E-state index in [1.165, 1.54) is 4.88 Å². The van der Waals surface area contributed by atoms with Crippen molar-refractivity contribution in [1.29, 1.82) is 0 Å². The quantitative estimate of drug-likeness (QED) is 0.716. The SMILES string of the molecule is Cc1ncsc1CNc1ncnc2ccc(N)cc12. The number of aryl methyl sites for hydroxylation is 1. The van der Waals surface area contributed by atoms with Gasteiger partial charge in [0, 0.05) is 16.0 Å². The summed E-state index contributed by atoms with van der Waals surface area (Å²) in [5.41, 5.74) is 10.3. The molecule has 0 aliphatic carbocycles. The summed E-state index contributed by atoms with van der Waals surface area (Å²) in [6, 6.07) is 5.62. The van der Waals surface area contributed by atoms with Crippen molar-refractivity contribution in [2.75, 3.05) is 11.1 Å². The van der Waals surface area contributed by atoms with Crippen molar-refractivity contribution in [1.82, 2.24) is 15.0 Å². The number of hydrogen-bond donors (Lipinski definition) is 2. The summed E-state index contributed by atoms with van der Waals surface area (Å²) in [5, 5.41) is 4.26. The molecular formula is C13H13N5S. The Labute approximate surface area is 114 Å². The molecule has 0 saturated carbocycles. The van der Waals surface area contributed by atoms with Crippen LogP contribution in [0.15, 0.2) is 30.0 Å². The molecule has 1 aromatic carbocycles. The fourth-order valence-corrected chi connectivity index (χ4v) is 2.59. The first-order valence-corrected chi connectivity index (χ1v) is 6.75. The lowest BCUT2D eigenvalue weighted by Crippen LogP contribution is -2.02. The Morgan fingerprint density at radius 2 is 2.16 bits per heavy atom. The fraction of sp³-hybridized carbons (Fsp3) is 0.154. The van der Waals surface area contributed by atoms with Gasteiger partial charge in [0.05, 0.1) is 23.3 Å². The zero-order valence-corrected chi connectivity index (χ0v) is 11.2. The number of benzene rings is 1. The molecule has 3 N–H and O–H groups in total. The van der Waals surface area contributed by atoms with E-state index in [0.29, 0.717) is 12.2 Å². The molecule has 3 rings (SSSR count). The van der Waals surface area contributed by atoms with Crippen LogP contribution in [0.5, 0.6) is 0 Å². The summed E-state index contributed by atoms with van der Waals surface area (Å²) in [6.45, 7) is 2.71. The highest BCUT2D eigenvalue weighted by Crippen LogP contribution is 2.23. The predicted molar refractivity (Wildman–Crippen MR) is 78.1 cm³/mol. The van der Waals surface area contributed by atoms with Gasteiger partial charge in [-0.2, -0.15) is 0 Å². The molecule has 0 unspecified atom stereocenters. The average Bonchev–Trinajstić information content (AvgIpc) is 2.82. The Bertz CT molecular complexity index is 722. The highest BCUT2D eigenvalue weighted by Gasteiger charge is 2.06. The van der Waals surface area contributed by atoms with E-state index in [2.05, 4.69) is 20.3 Å². The Hall–Kier alpha value is -2.21. The van der Waals surface area contributed by atoms with Crippen molar-refractivity contribution in [3.63, 3.8) is 0 Å². The van der Waals surface area contributed by atoms with Gasteiger partial charge in [-0.15, -0.1) is 11.3 Å². The predicted octanol–water partition coefficient (Wildman–Crippen LogP) is 2.59. The van der Waals surface area contributed by atoms with Crippen molar-refractivity contribution < 1.29 is 0 Å². The minimum atomic E-state index is 0.706. The second kappa shape index (κ2) is 4.81. The third kappa shape index (κ3) is 2.34. The van der Waals surface area contributed by atoms with E-state index in [0.717, 1.165) is 22.4 Å². The molecule has 6 heteroatoms. The van der Waals surface area contributed by atoms with Crippen molar-refractivity contribution in [2.24, 2.45) is 0 Å². The molecule has 0 bridgehead atoms. The minimum Gasteiger partial charge on any atom is -0.399 e. The van der Waals surface area contributed by atoms with E-state index in [1.807, 2.05) is 30.6 Å². The molecule has 0 atom stereocenters. The minimum absolute atomic E-state index is 0.706. The first-order valence-electron chi connectivity index (χ1n) is 5.87. The van der Waals surface area contributed by atoms with E-state index < -0.39 is 0 Å². The highest BCUT2D eigenvalue weighted by atomic mass is 32.1. The summed E-state index contributed by atoms with van der Waals surface area (Å²) in [5.74, 6) is 0.796. The van der Waals surface area contributed by atoms with Gasteiger partial charge in [0.1, 0.15) is 12.1 Å². The van der Waals surface area contributed by atoms with Crippen LogP contribution >= 0.6 is 11.3 Å². The van der Waals surface area contributed by atoms with Gasteiger partial charge in [-0.1, -0.05) is 0 Å². The van der Waals surface area contributed by atoms with E-state index in [4.69, 9.17) is 5.73 Å². The van der Waals surface area contributed by atoms with E-state index in [-0.39, 0.29) is 0 Å². The second-order valence-electron chi connectivity index (χ2n) is 4.21. The van der Waals surface area contributed by atoms with Crippen LogP contribution in [0.2, 0.25) is 0 Å². The number of nitrogens with two attached hydrogens (primary N) is 1. The maximum absolute atomic E-state index is 5.82. The summed E-state index contributed by atoms with van der Waals surface area (Å²) in [6.07, 6.45) is 1.56. The zero-order chi connectivity index (χ0) is 13.2. The van der Waals surface area contributed by atoms with Crippen molar-refractivity contribution >= 4 is 33.7 Å². The van der Waals surface area contributed by atoms with Gasteiger partial charge in [-0.3, -0.25) is 0 Å². The summed E-state index contributed by atoms with van der Waals surface area (Å²) < 4.78 is 0. The van der Waals surface area contributed by atoms with Crippen molar-refractivity contribution in [2.45, 2.75) is 13.5 Å². The van der Waals surface area contributed by atoms with Gasteiger partial charge in [-0.25, -0.2) is 15.0 Å². The molecule has 0 amide bonds. The maximum atomic E-state index is 5.82. The van der Waals surface area contributed by atoms with Crippen LogP contribution in [0.3, 0.4) is 0 Å². The normalized spacial score (nSPS) is 10.8. The summed E-state index contributed by atoms with van der Waals surface area (Å²) in [4.78, 5) is 13.9. The monoisotopic (exact) mass is 271 g/mol. The Balaban J connectivity index is 1.92. The lowest BCUT2D eigenvalue weighted by Gasteiger charge is -2.08. The number of aromatic nitrogens is 3. The number of hydrogen-bond acceptors (Lipinski definition) is 6. The number of nitrogens with one attached hydrogen (secondary N) is 1. The molecule has 0 aliphatic heterocycles. The molecule has 96 valence electrons.